The zero-order valence-electron chi connectivity index (χ0n) is 20.4. The summed E-state index contributed by atoms with van der Waals surface area (Å²) in [5.41, 5.74) is 2.02. The maximum absolute atomic E-state index is 13.7. The molecule has 4 rings (SSSR count). The van der Waals surface area contributed by atoms with Crippen molar-refractivity contribution in [3.8, 4) is 17.2 Å². The van der Waals surface area contributed by atoms with Crippen LogP contribution in [0.4, 0.5) is 0 Å². The highest BCUT2D eigenvalue weighted by atomic mass is 32.1. The Bertz CT molecular complexity index is 1520. The molecule has 8 nitrogen and oxygen atoms in total. The molecule has 0 saturated heterocycles. The van der Waals surface area contributed by atoms with Crippen LogP contribution >= 0.6 is 11.3 Å². The summed E-state index contributed by atoms with van der Waals surface area (Å²) in [5.74, 6) is 1.26. The number of methoxy groups -OCH3 is 3. The fourth-order valence-corrected chi connectivity index (χ4v) is 5.04. The minimum absolute atomic E-state index is 0.0503. The van der Waals surface area contributed by atoms with Crippen molar-refractivity contribution in [1.82, 2.24) is 4.57 Å². The summed E-state index contributed by atoms with van der Waals surface area (Å²) >= 11 is 1.25. The molecule has 0 radical (unpaired) electrons. The highest BCUT2D eigenvalue weighted by Crippen LogP contribution is 2.32. The van der Waals surface area contributed by atoms with E-state index in [0.717, 1.165) is 11.1 Å². The van der Waals surface area contributed by atoms with Gasteiger partial charge in [-0.05, 0) is 48.4 Å². The van der Waals surface area contributed by atoms with E-state index in [0.29, 0.717) is 37.9 Å². The normalized spacial score (nSPS) is 15.1. The second-order valence-corrected chi connectivity index (χ2v) is 8.87. The van der Waals surface area contributed by atoms with Crippen LogP contribution in [-0.4, -0.2) is 38.5 Å². The molecule has 186 valence electrons. The van der Waals surface area contributed by atoms with Crippen LogP contribution in [0.1, 0.15) is 24.1 Å². The van der Waals surface area contributed by atoms with E-state index in [1.54, 1.807) is 58.6 Å². The van der Waals surface area contributed by atoms with Crippen molar-refractivity contribution in [2.45, 2.75) is 13.0 Å². The van der Waals surface area contributed by atoms with Crippen molar-refractivity contribution < 1.29 is 23.7 Å². The van der Waals surface area contributed by atoms with Gasteiger partial charge in [-0.3, -0.25) is 9.36 Å². The molecule has 9 heteroatoms. The van der Waals surface area contributed by atoms with Gasteiger partial charge in [-0.25, -0.2) is 9.79 Å². The maximum atomic E-state index is 13.7. The van der Waals surface area contributed by atoms with Gasteiger partial charge in [-0.2, -0.15) is 0 Å². The fourth-order valence-electron chi connectivity index (χ4n) is 3.99. The van der Waals surface area contributed by atoms with Gasteiger partial charge >= 0.3 is 5.97 Å². The maximum Gasteiger partial charge on any atom is 0.338 e. The molecule has 3 aromatic rings. The molecule has 0 bridgehead atoms. The van der Waals surface area contributed by atoms with Crippen LogP contribution in [0, 0.1) is 0 Å². The van der Waals surface area contributed by atoms with E-state index < -0.39 is 12.0 Å². The molecule has 0 N–H and O–H groups in total. The summed E-state index contributed by atoms with van der Waals surface area (Å²) in [6.45, 7) is 5.40. The van der Waals surface area contributed by atoms with Gasteiger partial charge in [0.15, 0.2) is 16.3 Å². The molecule has 0 aliphatic carbocycles. The molecular formula is C27H26N2O6S. The van der Waals surface area contributed by atoms with Crippen LogP contribution in [0.3, 0.4) is 0 Å². The van der Waals surface area contributed by atoms with E-state index in [1.165, 1.54) is 22.0 Å². The monoisotopic (exact) mass is 506 g/mol. The van der Waals surface area contributed by atoms with Crippen LogP contribution in [0.5, 0.6) is 17.2 Å². The van der Waals surface area contributed by atoms with Gasteiger partial charge in [0.1, 0.15) is 12.4 Å². The summed E-state index contributed by atoms with van der Waals surface area (Å²) in [7, 11) is 4.70. The Morgan fingerprint density at radius 2 is 1.81 bits per heavy atom. The molecular weight excluding hydrogens is 480 g/mol. The lowest BCUT2D eigenvalue weighted by Crippen LogP contribution is -2.39. The lowest BCUT2D eigenvalue weighted by molar-refractivity contribution is -0.138. The standard InChI is InChI=1S/C27H26N2O6S/c1-6-13-35-26(31)23-16(2)28-27-29(24(23)18-8-10-19(32-3)11-9-18)25(30)22(36-27)15-17-7-12-20(33-4)21(14-17)34-5/h6-12,14-15,24H,1,13H2,2-5H3/b22-15+. The second-order valence-electron chi connectivity index (χ2n) is 7.86. The van der Waals surface area contributed by atoms with Crippen LogP contribution < -0.4 is 29.1 Å². The fraction of sp³-hybridized carbons (Fsp3) is 0.222. The summed E-state index contributed by atoms with van der Waals surface area (Å²) in [5, 5.41) is 0. The van der Waals surface area contributed by atoms with Gasteiger partial charge < -0.3 is 18.9 Å². The van der Waals surface area contributed by atoms with Gasteiger partial charge in [0, 0.05) is 0 Å². The van der Waals surface area contributed by atoms with Crippen molar-refractivity contribution in [2.75, 3.05) is 27.9 Å². The number of thiazole rings is 1. The first kappa shape index (κ1) is 25.0. The first-order valence-corrected chi connectivity index (χ1v) is 11.9. The molecule has 0 amide bonds. The molecule has 1 unspecified atom stereocenters. The molecule has 1 aliphatic rings. The first-order valence-electron chi connectivity index (χ1n) is 11.1. The van der Waals surface area contributed by atoms with Gasteiger partial charge in [-0.15, -0.1) is 0 Å². The Hall–Kier alpha value is -4.11. The van der Waals surface area contributed by atoms with Crippen molar-refractivity contribution in [1.29, 1.82) is 0 Å². The average Bonchev–Trinajstić information content (AvgIpc) is 3.20. The molecule has 0 saturated carbocycles. The quantitative estimate of drug-likeness (QED) is 0.345. The zero-order chi connectivity index (χ0) is 25.8. The molecule has 2 heterocycles. The number of aromatic nitrogens is 1. The molecule has 0 spiro atoms. The first-order chi connectivity index (χ1) is 17.4. The third-order valence-electron chi connectivity index (χ3n) is 5.71. The Kier molecular flexibility index (Phi) is 7.40. The molecule has 1 aliphatic heterocycles. The topological polar surface area (TPSA) is 88.4 Å². The highest BCUT2D eigenvalue weighted by molar-refractivity contribution is 7.07. The third-order valence-corrected chi connectivity index (χ3v) is 6.69. The number of esters is 1. The number of fused-ring (bicyclic) bond motifs is 1. The van der Waals surface area contributed by atoms with Gasteiger partial charge in [-0.1, -0.05) is 42.2 Å². The number of hydrogen-bond acceptors (Lipinski definition) is 8. The van der Waals surface area contributed by atoms with Crippen LogP contribution in [0.2, 0.25) is 0 Å². The summed E-state index contributed by atoms with van der Waals surface area (Å²) in [4.78, 5) is 31.9. The summed E-state index contributed by atoms with van der Waals surface area (Å²) < 4.78 is 23.3. The number of carbonyl (C=O) groups is 1. The number of hydrogen-bond donors (Lipinski definition) is 0. The Morgan fingerprint density at radius 1 is 1.08 bits per heavy atom. The summed E-state index contributed by atoms with van der Waals surface area (Å²) in [6, 6.07) is 11.9. The van der Waals surface area contributed by atoms with Gasteiger partial charge in [0.25, 0.3) is 5.56 Å². The predicted octanol–water partition coefficient (Wildman–Crippen LogP) is 2.99. The van der Waals surface area contributed by atoms with Crippen LogP contribution in [0.15, 0.2) is 76.2 Å². The number of ether oxygens (including phenoxy) is 4. The third kappa shape index (κ3) is 4.70. The second kappa shape index (κ2) is 10.7. The predicted molar refractivity (Wildman–Crippen MR) is 137 cm³/mol. The van der Waals surface area contributed by atoms with Crippen molar-refractivity contribution >= 4 is 23.4 Å². The SMILES string of the molecule is C=CCOC(=O)C1=C(C)N=c2s/c(=C/c3ccc(OC)c(OC)c3)c(=O)n2C1c1ccc(OC)cc1. The molecule has 0 fully saturated rings. The van der Waals surface area contributed by atoms with Crippen molar-refractivity contribution in [3.63, 3.8) is 0 Å². The Morgan fingerprint density at radius 3 is 2.44 bits per heavy atom. The van der Waals surface area contributed by atoms with Gasteiger partial charge in [0.05, 0.1) is 43.2 Å². The smallest absolute Gasteiger partial charge is 0.338 e. The van der Waals surface area contributed by atoms with E-state index in [9.17, 15) is 9.59 Å². The number of carbonyl (C=O) groups excluding carboxylic acids is 1. The van der Waals surface area contributed by atoms with Crippen molar-refractivity contribution in [3.05, 3.63) is 97.2 Å². The van der Waals surface area contributed by atoms with Crippen molar-refractivity contribution in [2.24, 2.45) is 4.99 Å². The Balaban J connectivity index is 1.90. The molecule has 36 heavy (non-hydrogen) atoms. The number of allylic oxidation sites excluding steroid dienone is 1. The van der Waals surface area contributed by atoms with E-state index in [4.69, 9.17) is 18.9 Å². The van der Waals surface area contributed by atoms with Crippen LogP contribution in [0.25, 0.3) is 6.08 Å². The molecule has 1 atom stereocenters. The zero-order valence-corrected chi connectivity index (χ0v) is 21.3. The Labute approximate surface area is 212 Å². The van der Waals surface area contributed by atoms with E-state index >= 15 is 0 Å². The van der Waals surface area contributed by atoms with E-state index in [2.05, 4.69) is 11.6 Å². The number of rotatable bonds is 8. The minimum atomic E-state index is -0.711. The van der Waals surface area contributed by atoms with E-state index in [1.807, 2.05) is 18.2 Å². The average molecular weight is 507 g/mol. The molecule has 2 aromatic carbocycles. The molecule has 1 aromatic heterocycles. The van der Waals surface area contributed by atoms with E-state index in [-0.39, 0.29) is 12.2 Å². The minimum Gasteiger partial charge on any atom is -0.497 e. The number of nitrogens with zero attached hydrogens (tertiary/aromatic N) is 2. The lowest BCUT2D eigenvalue weighted by Gasteiger charge is -2.24. The lowest BCUT2D eigenvalue weighted by atomic mass is 9.96. The summed E-state index contributed by atoms with van der Waals surface area (Å²) in [6.07, 6.45) is 3.26. The number of benzene rings is 2. The largest absolute Gasteiger partial charge is 0.497 e. The van der Waals surface area contributed by atoms with Crippen LogP contribution in [-0.2, 0) is 9.53 Å². The highest BCUT2D eigenvalue weighted by Gasteiger charge is 2.33. The van der Waals surface area contributed by atoms with Gasteiger partial charge in [0.2, 0.25) is 0 Å².